The number of allylic oxidation sites excluding steroid dienone is 3. The number of imidazole rings is 1. The molecule has 2 aromatic heterocycles. The van der Waals surface area contributed by atoms with Gasteiger partial charge in [0.25, 0.3) is 0 Å². The minimum Gasteiger partial charge on any atom is -0.460 e. The number of nitrogens with two attached hydrogens (primary N) is 1. The summed E-state index contributed by atoms with van der Waals surface area (Å²) in [6.45, 7) is 3.00. The molecule has 1 aliphatic heterocycles. The molecule has 0 saturated carbocycles. The van der Waals surface area contributed by atoms with Crippen molar-refractivity contribution in [2.24, 2.45) is 11.7 Å². The molecule has 1 amide bonds. The van der Waals surface area contributed by atoms with Crippen molar-refractivity contribution >= 4 is 36.6 Å². The maximum Gasteiger partial charge on any atom is 0.459 e. The highest BCUT2D eigenvalue weighted by molar-refractivity contribution is 7.52. The summed E-state index contributed by atoms with van der Waals surface area (Å²) in [7, 11) is -4.35. The highest BCUT2D eigenvalue weighted by Gasteiger charge is 2.46. The van der Waals surface area contributed by atoms with Gasteiger partial charge in [-0.3, -0.25) is 18.7 Å². The van der Waals surface area contributed by atoms with Crippen molar-refractivity contribution < 1.29 is 47.3 Å². The fourth-order valence-electron chi connectivity index (χ4n) is 5.83. The number of amides is 1. The molecule has 0 bridgehead atoms. The summed E-state index contributed by atoms with van der Waals surface area (Å²) < 4.78 is 51.6. The third kappa shape index (κ3) is 9.25. The second-order valence-corrected chi connectivity index (χ2v) is 14.7. The molecule has 3 heterocycles. The topological polar surface area (TPSA) is 222 Å². The number of carbonyl (C=O) groups is 2. The van der Waals surface area contributed by atoms with Crippen molar-refractivity contribution in [3.05, 3.63) is 102 Å². The van der Waals surface area contributed by atoms with Gasteiger partial charge < -0.3 is 35.3 Å². The molecule has 286 valence electrons. The van der Waals surface area contributed by atoms with E-state index in [1.165, 1.54) is 48.4 Å². The predicted octanol–water partition coefficient (Wildman–Crippen LogP) is 3.34. The van der Waals surface area contributed by atoms with E-state index in [1.807, 2.05) is 25.2 Å². The van der Waals surface area contributed by atoms with Gasteiger partial charge in [-0.05, 0) is 61.1 Å². The second kappa shape index (κ2) is 17.1. The van der Waals surface area contributed by atoms with Crippen LogP contribution in [0.5, 0.6) is 5.75 Å². The van der Waals surface area contributed by atoms with Crippen molar-refractivity contribution in [1.29, 1.82) is 0 Å². The lowest BCUT2D eigenvalue weighted by Gasteiger charge is -2.25. The SMILES string of the molecule is CC1CC=CC=C1COC(=O)C(C)NP(=O)(OC[C@H]1O[C@@H](n2cnc3c(NC(=O)C(N)Cc4ccc(F)cc4)ncnc32)[C@@H](O)[C@@H]1O)Oc1ccccc1. The summed E-state index contributed by atoms with van der Waals surface area (Å²) in [5.41, 5.74) is 7.98. The number of nitrogens with one attached hydrogen (secondary N) is 2. The van der Waals surface area contributed by atoms with Crippen LogP contribution in [0.4, 0.5) is 10.2 Å². The number of anilines is 1. The van der Waals surface area contributed by atoms with Crippen molar-refractivity contribution in [2.45, 2.75) is 63.3 Å². The van der Waals surface area contributed by atoms with Gasteiger partial charge >= 0.3 is 13.7 Å². The summed E-state index contributed by atoms with van der Waals surface area (Å²) in [6, 6.07) is 11.6. The van der Waals surface area contributed by atoms with E-state index >= 15 is 0 Å². The fourth-order valence-corrected chi connectivity index (χ4v) is 7.34. The third-order valence-electron chi connectivity index (χ3n) is 8.95. The number of aliphatic hydroxyl groups is 2. The maximum absolute atomic E-state index is 14.1. The van der Waals surface area contributed by atoms with E-state index in [0.29, 0.717) is 5.56 Å². The Morgan fingerprint density at radius 2 is 1.87 bits per heavy atom. The Morgan fingerprint density at radius 1 is 1.11 bits per heavy atom. The number of rotatable bonds is 15. The molecule has 4 unspecified atom stereocenters. The molecule has 2 aliphatic rings. The van der Waals surface area contributed by atoms with Crippen molar-refractivity contribution in [1.82, 2.24) is 24.6 Å². The van der Waals surface area contributed by atoms with Crippen LogP contribution in [0.3, 0.4) is 0 Å². The van der Waals surface area contributed by atoms with E-state index in [1.54, 1.807) is 30.3 Å². The van der Waals surface area contributed by atoms with E-state index in [2.05, 4.69) is 25.4 Å². The van der Waals surface area contributed by atoms with E-state index < -0.39 is 68.7 Å². The van der Waals surface area contributed by atoms with Gasteiger partial charge in [-0.15, -0.1) is 0 Å². The summed E-state index contributed by atoms with van der Waals surface area (Å²) in [5, 5.41) is 27.3. The smallest absolute Gasteiger partial charge is 0.459 e. The van der Waals surface area contributed by atoms with Gasteiger partial charge in [-0.2, -0.15) is 5.09 Å². The number of hydrogen-bond donors (Lipinski definition) is 5. The molecular weight excluding hydrogens is 724 g/mol. The standard InChI is InChI=1S/C36H41FN7O9P/c1-21-8-6-7-9-24(21)17-50-36(48)22(2)43-54(49,53-26-10-4-3-5-11-26)51-18-28-30(45)31(46)35(52-28)44-20-41-29-32(39-19-40-33(29)44)42-34(47)27(38)16-23-12-14-25(37)15-13-23/h3-7,9-15,19-22,27-28,30-31,35,45-46H,8,16-18,38H2,1-2H3,(H,43,49)(H,39,40,42,47)/t21?,22?,27?,28-,30-,31+,35-,54?/m1/s1. The number of aromatic nitrogens is 4. The molecule has 16 nitrogen and oxygen atoms in total. The Balaban J connectivity index is 1.12. The molecule has 18 heteroatoms. The molecule has 54 heavy (non-hydrogen) atoms. The van der Waals surface area contributed by atoms with Crippen LogP contribution in [0.2, 0.25) is 0 Å². The van der Waals surface area contributed by atoms with Gasteiger partial charge in [0, 0.05) is 0 Å². The van der Waals surface area contributed by atoms with Crippen LogP contribution in [0.25, 0.3) is 11.2 Å². The average Bonchev–Trinajstić information content (AvgIpc) is 3.71. The first kappa shape index (κ1) is 38.8. The Kier molecular flexibility index (Phi) is 12.3. The number of ether oxygens (including phenoxy) is 2. The zero-order chi connectivity index (χ0) is 38.4. The Hall–Kier alpha value is -4.87. The Bertz CT molecular complexity index is 2050. The lowest BCUT2D eigenvalue weighted by atomic mass is 9.94. The van der Waals surface area contributed by atoms with E-state index in [4.69, 9.17) is 24.3 Å². The molecular formula is C36H41FN7O9P. The molecule has 1 saturated heterocycles. The van der Waals surface area contributed by atoms with Crippen molar-refractivity contribution in [2.75, 3.05) is 18.5 Å². The first-order valence-electron chi connectivity index (χ1n) is 17.2. The number of nitrogens with zero attached hydrogens (tertiary/aromatic N) is 4. The average molecular weight is 766 g/mol. The minimum atomic E-state index is -4.35. The number of para-hydroxylation sites is 1. The number of benzene rings is 2. The molecule has 6 rings (SSSR count). The highest BCUT2D eigenvalue weighted by atomic mass is 31.2. The van der Waals surface area contributed by atoms with Crippen LogP contribution in [-0.2, 0) is 34.6 Å². The molecule has 2 aromatic carbocycles. The highest BCUT2D eigenvalue weighted by Crippen LogP contribution is 2.46. The van der Waals surface area contributed by atoms with E-state index in [-0.39, 0.29) is 41.7 Å². The molecule has 0 radical (unpaired) electrons. The van der Waals surface area contributed by atoms with Crippen LogP contribution in [0.1, 0.15) is 32.1 Å². The predicted molar refractivity (Wildman–Crippen MR) is 193 cm³/mol. The van der Waals surface area contributed by atoms with Gasteiger partial charge in [0.2, 0.25) is 5.91 Å². The normalized spacial score (nSPS) is 23.3. The fraction of sp³-hybridized carbons (Fsp3) is 0.361. The number of fused-ring (bicyclic) bond motifs is 1. The van der Waals surface area contributed by atoms with Gasteiger partial charge in [-0.1, -0.05) is 55.5 Å². The summed E-state index contributed by atoms with van der Waals surface area (Å²) >= 11 is 0. The van der Waals surface area contributed by atoms with Gasteiger partial charge in [-0.25, -0.2) is 23.9 Å². The van der Waals surface area contributed by atoms with Gasteiger partial charge in [0.15, 0.2) is 23.2 Å². The van der Waals surface area contributed by atoms with Crippen LogP contribution in [-0.4, -0.2) is 85.2 Å². The zero-order valence-corrected chi connectivity index (χ0v) is 30.3. The van der Waals surface area contributed by atoms with E-state index in [0.717, 1.165) is 12.0 Å². The number of esters is 1. The quantitative estimate of drug-likeness (QED) is 0.0866. The van der Waals surface area contributed by atoms with Crippen LogP contribution in [0, 0.1) is 11.7 Å². The zero-order valence-electron chi connectivity index (χ0n) is 29.4. The van der Waals surface area contributed by atoms with Crippen LogP contribution in [0.15, 0.2) is 91.1 Å². The van der Waals surface area contributed by atoms with E-state index in [9.17, 15) is 28.8 Å². The van der Waals surface area contributed by atoms with Crippen molar-refractivity contribution in [3.63, 3.8) is 0 Å². The van der Waals surface area contributed by atoms with Crippen LogP contribution >= 0.6 is 7.75 Å². The summed E-state index contributed by atoms with van der Waals surface area (Å²) in [5.74, 6) is -1.26. The van der Waals surface area contributed by atoms with Gasteiger partial charge in [0.05, 0.1) is 19.0 Å². The molecule has 0 spiro atoms. The molecule has 6 N–H and O–H groups in total. The number of halogens is 1. The second-order valence-electron chi connectivity index (χ2n) is 13.0. The summed E-state index contributed by atoms with van der Waals surface area (Å²) in [4.78, 5) is 38.5. The number of aliphatic hydroxyl groups excluding tert-OH is 2. The molecule has 1 aliphatic carbocycles. The molecule has 8 atom stereocenters. The first-order valence-corrected chi connectivity index (χ1v) is 18.7. The largest absolute Gasteiger partial charge is 0.460 e. The molecule has 4 aromatic rings. The Labute approximate surface area is 309 Å². The lowest BCUT2D eigenvalue weighted by Crippen LogP contribution is -2.37. The number of hydrogen-bond acceptors (Lipinski definition) is 13. The van der Waals surface area contributed by atoms with Crippen molar-refractivity contribution in [3.8, 4) is 5.75 Å². The number of carbonyl (C=O) groups excluding carboxylic acids is 2. The minimum absolute atomic E-state index is 0.0331. The first-order chi connectivity index (χ1) is 25.9. The Morgan fingerprint density at radius 3 is 2.61 bits per heavy atom. The summed E-state index contributed by atoms with van der Waals surface area (Å²) in [6.07, 6.45) is 3.69. The van der Waals surface area contributed by atoms with Crippen LogP contribution < -0.4 is 20.7 Å². The lowest BCUT2D eigenvalue weighted by molar-refractivity contribution is -0.144. The third-order valence-corrected chi connectivity index (χ3v) is 10.6. The monoisotopic (exact) mass is 765 g/mol. The maximum atomic E-state index is 14.1. The molecule has 1 fully saturated rings. The van der Waals surface area contributed by atoms with Gasteiger partial charge in [0.1, 0.15) is 48.9 Å².